The van der Waals surface area contributed by atoms with Crippen LogP contribution < -0.4 is 19.9 Å². The highest BCUT2D eigenvalue weighted by Crippen LogP contribution is 2.26. The molecule has 112 valence electrons. The van der Waals surface area contributed by atoms with Crippen LogP contribution in [0.4, 0.5) is 11.4 Å². The van der Waals surface area contributed by atoms with Crippen LogP contribution in [0.15, 0.2) is 47.4 Å². The van der Waals surface area contributed by atoms with E-state index in [2.05, 4.69) is 4.72 Å². The van der Waals surface area contributed by atoms with E-state index in [1.165, 1.54) is 26.4 Å². The second kappa shape index (κ2) is 5.92. The van der Waals surface area contributed by atoms with Gasteiger partial charge >= 0.3 is 0 Å². The third-order valence-corrected chi connectivity index (χ3v) is 4.29. The monoisotopic (exact) mass is 308 g/mol. The molecule has 0 saturated heterocycles. The molecular weight excluding hydrogens is 292 g/mol. The number of rotatable bonds is 5. The molecule has 6 nitrogen and oxygen atoms in total. The molecule has 0 bridgehead atoms. The first-order valence-corrected chi connectivity index (χ1v) is 7.55. The molecule has 3 N–H and O–H groups in total. The molecule has 0 amide bonds. The zero-order chi connectivity index (χ0) is 15.5. The molecular formula is C14H16N2O4S. The van der Waals surface area contributed by atoms with Gasteiger partial charge in [0.15, 0.2) is 0 Å². The molecule has 0 aromatic heterocycles. The van der Waals surface area contributed by atoms with Crippen LogP contribution in [0.1, 0.15) is 0 Å². The molecule has 0 atom stereocenters. The van der Waals surface area contributed by atoms with E-state index in [-0.39, 0.29) is 10.6 Å². The standard InChI is InChI=1S/C14H16N2O4S/c1-19-11-5-3-10(4-6-11)16-21(17,18)14-9-12(20-2)7-8-13(14)15/h3-9,16H,15H2,1-2H3. The fourth-order valence-electron chi connectivity index (χ4n) is 1.74. The third-order valence-electron chi connectivity index (χ3n) is 2.85. The molecule has 0 saturated carbocycles. The van der Waals surface area contributed by atoms with Crippen LogP contribution in [0.5, 0.6) is 11.5 Å². The number of hydrogen-bond acceptors (Lipinski definition) is 5. The molecule has 0 aliphatic rings. The van der Waals surface area contributed by atoms with E-state index in [1.54, 1.807) is 30.3 Å². The van der Waals surface area contributed by atoms with E-state index in [0.717, 1.165) is 0 Å². The second-order valence-electron chi connectivity index (χ2n) is 4.24. The SMILES string of the molecule is COc1ccc(NS(=O)(=O)c2cc(OC)ccc2N)cc1. The maximum atomic E-state index is 12.4. The number of hydrogen-bond donors (Lipinski definition) is 2. The number of benzene rings is 2. The predicted molar refractivity (Wildman–Crippen MR) is 81.2 cm³/mol. The highest BCUT2D eigenvalue weighted by Gasteiger charge is 2.18. The summed E-state index contributed by atoms with van der Waals surface area (Å²) < 4.78 is 37.2. The molecule has 7 heteroatoms. The Hall–Kier alpha value is -2.41. The van der Waals surface area contributed by atoms with Crippen molar-refractivity contribution >= 4 is 21.4 Å². The molecule has 2 aromatic rings. The average molecular weight is 308 g/mol. The van der Waals surface area contributed by atoms with Crippen LogP contribution in [-0.4, -0.2) is 22.6 Å². The molecule has 0 aliphatic heterocycles. The summed E-state index contributed by atoms with van der Waals surface area (Å²) in [4.78, 5) is -0.0299. The van der Waals surface area contributed by atoms with E-state index < -0.39 is 10.0 Å². The minimum atomic E-state index is -3.79. The average Bonchev–Trinajstić information content (AvgIpc) is 2.48. The summed E-state index contributed by atoms with van der Waals surface area (Å²) in [5, 5.41) is 0. The molecule has 0 radical (unpaired) electrons. The van der Waals surface area contributed by atoms with Crippen molar-refractivity contribution < 1.29 is 17.9 Å². The Kier molecular flexibility index (Phi) is 4.23. The van der Waals surface area contributed by atoms with Crippen molar-refractivity contribution in [3.8, 4) is 11.5 Å². The van der Waals surface area contributed by atoms with Gasteiger partial charge in [0.2, 0.25) is 0 Å². The van der Waals surface area contributed by atoms with E-state index in [1.807, 2.05) is 0 Å². The molecule has 0 unspecified atom stereocenters. The van der Waals surface area contributed by atoms with Crippen molar-refractivity contribution in [1.29, 1.82) is 0 Å². The number of anilines is 2. The van der Waals surface area contributed by atoms with Gasteiger partial charge in [0.25, 0.3) is 10.0 Å². The quantitative estimate of drug-likeness (QED) is 0.825. The first-order valence-electron chi connectivity index (χ1n) is 6.06. The Morgan fingerprint density at radius 3 is 2.10 bits per heavy atom. The van der Waals surface area contributed by atoms with Crippen LogP contribution in [0, 0.1) is 0 Å². The van der Waals surface area contributed by atoms with Crippen molar-refractivity contribution in [2.24, 2.45) is 0 Å². The van der Waals surface area contributed by atoms with Gasteiger partial charge in [0, 0.05) is 11.8 Å². The summed E-state index contributed by atoms with van der Waals surface area (Å²) in [6.45, 7) is 0. The minimum absolute atomic E-state index is 0.0299. The van der Waals surface area contributed by atoms with Gasteiger partial charge in [-0.25, -0.2) is 8.42 Å². The second-order valence-corrected chi connectivity index (χ2v) is 5.89. The highest BCUT2D eigenvalue weighted by molar-refractivity contribution is 7.92. The van der Waals surface area contributed by atoms with Crippen molar-refractivity contribution in [3.05, 3.63) is 42.5 Å². The molecule has 21 heavy (non-hydrogen) atoms. The van der Waals surface area contributed by atoms with Gasteiger partial charge in [0.05, 0.1) is 19.9 Å². The lowest BCUT2D eigenvalue weighted by Crippen LogP contribution is -2.14. The fraction of sp³-hybridized carbons (Fsp3) is 0.143. The largest absolute Gasteiger partial charge is 0.497 e. The number of sulfonamides is 1. The van der Waals surface area contributed by atoms with Gasteiger partial charge in [-0.2, -0.15) is 0 Å². The lowest BCUT2D eigenvalue weighted by Gasteiger charge is -2.11. The van der Waals surface area contributed by atoms with Crippen molar-refractivity contribution in [3.63, 3.8) is 0 Å². The number of ether oxygens (including phenoxy) is 2. The zero-order valence-electron chi connectivity index (χ0n) is 11.7. The fourth-order valence-corrected chi connectivity index (χ4v) is 2.95. The Labute approximate surface area is 123 Å². The van der Waals surface area contributed by atoms with Crippen molar-refractivity contribution in [1.82, 2.24) is 0 Å². The first kappa shape index (κ1) is 15.0. The van der Waals surface area contributed by atoms with Gasteiger partial charge in [0.1, 0.15) is 16.4 Å². The number of nitrogen functional groups attached to an aromatic ring is 1. The Balaban J connectivity index is 2.33. The lowest BCUT2D eigenvalue weighted by atomic mass is 10.3. The van der Waals surface area contributed by atoms with E-state index >= 15 is 0 Å². The number of nitrogens with two attached hydrogens (primary N) is 1. The summed E-state index contributed by atoms with van der Waals surface area (Å²) in [5.41, 5.74) is 6.30. The normalized spacial score (nSPS) is 11.0. The molecule has 0 heterocycles. The predicted octanol–water partition coefficient (Wildman–Crippen LogP) is 2.09. The molecule has 0 aliphatic carbocycles. The van der Waals surface area contributed by atoms with Crippen LogP contribution in [0.3, 0.4) is 0 Å². The van der Waals surface area contributed by atoms with Gasteiger partial charge in [-0.1, -0.05) is 0 Å². The van der Waals surface area contributed by atoms with Crippen molar-refractivity contribution in [2.45, 2.75) is 4.90 Å². The summed E-state index contributed by atoms with van der Waals surface area (Å²) in [5.74, 6) is 1.05. The Morgan fingerprint density at radius 1 is 0.952 bits per heavy atom. The van der Waals surface area contributed by atoms with Crippen LogP contribution in [-0.2, 0) is 10.0 Å². The Morgan fingerprint density at radius 2 is 1.52 bits per heavy atom. The first-order chi connectivity index (χ1) is 9.96. The van der Waals surface area contributed by atoms with E-state index in [0.29, 0.717) is 17.2 Å². The molecule has 0 fully saturated rings. The van der Waals surface area contributed by atoms with Crippen LogP contribution in [0.25, 0.3) is 0 Å². The molecule has 0 spiro atoms. The summed E-state index contributed by atoms with van der Waals surface area (Å²) >= 11 is 0. The Bertz CT molecular complexity index is 727. The lowest BCUT2D eigenvalue weighted by molar-refractivity contribution is 0.413. The van der Waals surface area contributed by atoms with Crippen LogP contribution >= 0.6 is 0 Å². The topological polar surface area (TPSA) is 90.6 Å². The number of nitrogens with one attached hydrogen (secondary N) is 1. The minimum Gasteiger partial charge on any atom is -0.497 e. The number of methoxy groups -OCH3 is 2. The summed E-state index contributed by atoms with van der Waals surface area (Å²) in [7, 11) is -0.797. The summed E-state index contributed by atoms with van der Waals surface area (Å²) in [6, 6.07) is 11.0. The van der Waals surface area contributed by atoms with Crippen molar-refractivity contribution in [2.75, 3.05) is 24.7 Å². The van der Waals surface area contributed by atoms with E-state index in [9.17, 15) is 8.42 Å². The molecule has 2 rings (SSSR count). The maximum Gasteiger partial charge on any atom is 0.264 e. The van der Waals surface area contributed by atoms with Gasteiger partial charge in [-0.05, 0) is 36.4 Å². The van der Waals surface area contributed by atoms with Gasteiger partial charge in [-0.15, -0.1) is 0 Å². The molecule has 2 aromatic carbocycles. The summed E-state index contributed by atoms with van der Waals surface area (Å²) in [6.07, 6.45) is 0. The van der Waals surface area contributed by atoms with E-state index in [4.69, 9.17) is 15.2 Å². The third kappa shape index (κ3) is 3.38. The zero-order valence-corrected chi connectivity index (χ0v) is 12.5. The maximum absolute atomic E-state index is 12.4. The van der Waals surface area contributed by atoms with Gasteiger partial charge < -0.3 is 15.2 Å². The van der Waals surface area contributed by atoms with Gasteiger partial charge in [-0.3, -0.25) is 4.72 Å². The highest BCUT2D eigenvalue weighted by atomic mass is 32.2. The van der Waals surface area contributed by atoms with Crippen LogP contribution in [0.2, 0.25) is 0 Å². The smallest absolute Gasteiger partial charge is 0.264 e.